The number of nitrogens with zero attached hydrogens (tertiary/aromatic N) is 1. The average molecular weight is 486 g/mol. The van der Waals surface area contributed by atoms with Crippen LogP contribution in [0.5, 0.6) is 11.5 Å². The van der Waals surface area contributed by atoms with Crippen molar-refractivity contribution in [2.75, 3.05) is 33.4 Å². The predicted octanol–water partition coefficient (Wildman–Crippen LogP) is 3.65. The molecule has 0 atom stereocenters. The van der Waals surface area contributed by atoms with Crippen molar-refractivity contribution in [3.05, 3.63) is 54.2 Å². The summed E-state index contributed by atoms with van der Waals surface area (Å²) in [6.45, 7) is 3.76. The van der Waals surface area contributed by atoms with E-state index in [1.165, 1.54) is 17.7 Å². The zero-order valence-electron chi connectivity index (χ0n) is 19.5. The molecule has 34 heavy (non-hydrogen) atoms. The second-order valence-corrected chi connectivity index (χ2v) is 10.1. The standard InChI is InChI=1S/C25H31N3O5S/c1-3-33-19-4-7-21(8-5-19)34(30,31)27-13-10-25(29)28-14-11-18(12-15-28)23-17-26-24-9-6-20(32-2)16-22(23)24/h4-9,16-18,26-27H,3,10-15H2,1-2H3. The summed E-state index contributed by atoms with van der Waals surface area (Å²) in [7, 11) is -2.01. The molecule has 1 saturated heterocycles. The number of H-pyrrole nitrogens is 1. The maximum atomic E-state index is 12.7. The number of hydrogen-bond donors (Lipinski definition) is 2. The fourth-order valence-electron chi connectivity index (χ4n) is 4.44. The molecule has 2 heterocycles. The van der Waals surface area contributed by atoms with E-state index in [-0.39, 0.29) is 23.8 Å². The van der Waals surface area contributed by atoms with Crippen molar-refractivity contribution in [3.63, 3.8) is 0 Å². The molecule has 2 aromatic carbocycles. The number of nitrogens with one attached hydrogen (secondary N) is 2. The molecular formula is C25H31N3O5S. The Morgan fingerprint density at radius 3 is 2.50 bits per heavy atom. The average Bonchev–Trinajstić information content (AvgIpc) is 3.27. The number of likely N-dealkylation sites (tertiary alicyclic amines) is 1. The first-order chi connectivity index (χ1) is 16.4. The second kappa shape index (κ2) is 10.5. The van der Waals surface area contributed by atoms with Gasteiger partial charge in [-0.25, -0.2) is 13.1 Å². The minimum absolute atomic E-state index is 0.0339. The van der Waals surface area contributed by atoms with Crippen molar-refractivity contribution in [2.24, 2.45) is 0 Å². The van der Waals surface area contributed by atoms with Gasteiger partial charge in [0.05, 0.1) is 18.6 Å². The Morgan fingerprint density at radius 2 is 1.82 bits per heavy atom. The molecule has 1 aliphatic rings. The van der Waals surface area contributed by atoms with Crippen molar-refractivity contribution >= 4 is 26.8 Å². The summed E-state index contributed by atoms with van der Waals surface area (Å²) < 4.78 is 38.2. The number of rotatable bonds is 9. The number of carbonyl (C=O) groups excluding carboxylic acids is 1. The zero-order chi connectivity index (χ0) is 24.1. The molecule has 0 aliphatic carbocycles. The molecule has 3 aromatic rings. The molecule has 9 heteroatoms. The van der Waals surface area contributed by atoms with E-state index in [0.29, 0.717) is 31.4 Å². The third kappa shape index (κ3) is 5.37. The topological polar surface area (TPSA) is 101 Å². The highest BCUT2D eigenvalue weighted by atomic mass is 32.2. The van der Waals surface area contributed by atoms with E-state index in [1.54, 1.807) is 19.2 Å². The number of methoxy groups -OCH3 is 1. The number of hydrogen-bond acceptors (Lipinski definition) is 5. The summed E-state index contributed by atoms with van der Waals surface area (Å²) >= 11 is 0. The van der Waals surface area contributed by atoms with E-state index in [2.05, 4.69) is 22.0 Å². The lowest BCUT2D eigenvalue weighted by atomic mass is 9.89. The summed E-state index contributed by atoms with van der Waals surface area (Å²) in [5.41, 5.74) is 2.33. The van der Waals surface area contributed by atoms with Gasteiger partial charge in [-0.15, -0.1) is 0 Å². The van der Waals surface area contributed by atoms with Gasteiger partial charge in [0.15, 0.2) is 0 Å². The van der Waals surface area contributed by atoms with Gasteiger partial charge in [-0.3, -0.25) is 4.79 Å². The van der Waals surface area contributed by atoms with E-state index in [1.807, 2.05) is 24.0 Å². The number of fused-ring (bicyclic) bond motifs is 1. The van der Waals surface area contributed by atoms with E-state index < -0.39 is 10.0 Å². The van der Waals surface area contributed by atoms with Crippen molar-refractivity contribution in [1.29, 1.82) is 0 Å². The Hall–Kier alpha value is -3.04. The molecule has 2 N–H and O–H groups in total. The lowest BCUT2D eigenvalue weighted by Crippen LogP contribution is -2.39. The largest absolute Gasteiger partial charge is 0.497 e. The van der Waals surface area contributed by atoms with E-state index in [9.17, 15) is 13.2 Å². The van der Waals surface area contributed by atoms with Crippen LogP contribution in [0.3, 0.4) is 0 Å². The van der Waals surface area contributed by atoms with Crippen LogP contribution in [0.2, 0.25) is 0 Å². The van der Waals surface area contributed by atoms with E-state index in [4.69, 9.17) is 9.47 Å². The summed E-state index contributed by atoms with van der Waals surface area (Å²) in [6.07, 6.45) is 3.93. The Bertz CT molecular complexity index is 1230. The normalized spacial score (nSPS) is 14.9. The van der Waals surface area contributed by atoms with Crippen LogP contribution in [0.15, 0.2) is 53.6 Å². The van der Waals surface area contributed by atoms with Crippen LogP contribution >= 0.6 is 0 Å². The number of piperidine rings is 1. The molecule has 1 amide bonds. The van der Waals surface area contributed by atoms with Gasteiger partial charge in [-0.05, 0) is 73.7 Å². The highest BCUT2D eigenvalue weighted by molar-refractivity contribution is 7.89. The molecule has 1 fully saturated rings. The number of amides is 1. The Labute approximate surface area is 200 Å². The van der Waals surface area contributed by atoms with Gasteiger partial charge < -0.3 is 19.4 Å². The molecule has 0 unspecified atom stereocenters. The Morgan fingerprint density at radius 1 is 1.12 bits per heavy atom. The van der Waals surface area contributed by atoms with Crippen LogP contribution in [-0.2, 0) is 14.8 Å². The quantitative estimate of drug-likeness (QED) is 0.482. The van der Waals surface area contributed by atoms with Gasteiger partial charge in [0.2, 0.25) is 15.9 Å². The highest BCUT2D eigenvalue weighted by Gasteiger charge is 2.26. The zero-order valence-corrected chi connectivity index (χ0v) is 20.4. The molecular weight excluding hydrogens is 454 g/mol. The lowest BCUT2D eigenvalue weighted by Gasteiger charge is -2.32. The van der Waals surface area contributed by atoms with Gasteiger partial charge in [0, 0.05) is 43.2 Å². The number of ether oxygens (including phenoxy) is 2. The summed E-state index contributed by atoms with van der Waals surface area (Å²) in [6, 6.07) is 12.3. The van der Waals surface area contributed by atoms with Crippen molar-refractivity contribution in [3.8, 4) is 11.5 Å². The molecule has 1 aliphatic heterocycles. The molecule has 0 radical (unpaired) electrons. The first kappa shape index (κ1) is 24.1. The summed E-state index contributed by atoms with van der Waals surface area (Å²) in [5, 5.41) is 1.16. The number of aromatic nitrogens is 1. The molecule has 0 bridgehead atoms. The molecule has 4 rings (SSSR count). The van der Waals surface area contributed by atoms with Crippen LogP contribution in [0.25, 0.3) is 10.9 Å². The van der Waals surface area contributed by atoms with Crippen molar-refractivity contribution in [2.45, 2.75) is 37.0 Å². The minimum Gasteiger partial charge on any atom is -0.497 e. The summed E-state index contributed by atoms with van der Waals surface area (Å²) in [4.78, 5) is 18.0. The van der Waals surface area contributed by atoms with Crippen LogP contribution in [0.4, 0.5) is 0 Å². The predicted molar refractivity (Wildman–Crippen MR) is 131 cm³/mol. The van der Waals surface area contributed by atoms with Gasteiger partial charge >= 0.3 is 0 Å². The Kier molecular flexibility index (Phi) is 7.43. The fourth-order valence-corrected chi connectivity index (χ4v) is 5.47. The van der Waals surface area contributed by atoms with Crippen LogP contribution in [0.1, 0.15) is 37.7 Å². The van der Waals surface area contributed by atoms with E-state index in [0.717, 1.165) is 29.5 Å². The fraction of sp³-hybridized carbons (Fsp3) is 0.400. The first-order valence-electron chi connectivity index (χ1n) is 11.6. The van der Waals surface area contributed by atoms with Crippen LogP contribution in [0, 0.1) is 0 Å². The third-order valence-corrected chi connectivity index (χ3v) is 7.76. The second-order valence-electron chi connectivity index (χ2n) is 8.36. The number of sulfonamides is 1. The lowest BCUT2D eigenvalue weighted by molar-refractivity contribution is -0.132. The molecule has 182 valence electrons. The smallest absolute Gasteiger partial charge is 0.240 e. The highest BCUT2D eigenvalue weighted by Crippen LogP contribution is 2.34. The number of aromatic amines is 1. The van der Waals surface area contributed by atoms with Gasteiger partial charge in [0.1, 0.15) is 11.5 Å². The first-order valence-corrected chi connectivity index (χ1v) is 13.0. The van der Waals surface area contributed by atoms with E-state index >= 15 is 0 Å². The van der Waals surface area contributed by atoms with Crippen LogP contribution in [-0.4, -0.2) is 57.6 Å². The van der Waals surface area contributed by atoms with Crippen molar-refractivity contribution in [1.82, 2.24) is 14.6 Å². The molecule has 8 nitrogen and oxygen atoms in total. The molecule has 0 spiro atoms. The monoisotopic (exact) mass is 485 g/mol. The minimum atomic E-state index is -3.67. The Balaban J connectivity index is 1.28. The maximum Gasteiger partial charge on any atom is 0.240 e. The third-order valence-electron chi connectivity index (χ3n) is 6.28. The molecule has 1 aromatic heterocycles. The maximum absolute atomic E-state index is 12.7. The number of benzene rings is 2. The molecule has 0 saturated carbocycles. The SMILES string of the molecule is CCOc1ccc(S(=O)(=O)NCCC(=O)N2CCC(c3c[nH]c4ccc(OC)cc34)CC2)cc1. The van der Waals surface area contributed by atoms with Crippen LogP contribution < -0.4 is 14.2 Å². The van der Waals surface area contributed by atoms with Crippen molar-refractivity contribution < 1.29 is 22.7 Å². The van der Waals surface area contributed by atoms with Gasteiger partial charge in [-0.1, -0.05) is 0 Å². The summed E-state index contributed by atoms with van der Waals surface area (Å²) in [5.74, 6) is 1.77. The number of carbonyl (C=O) groups is 1. The van der Waals surface area contributed by atoms with Gasteiger partial charge in [0.25, 0.3) is 0 Å². The van der Waals surface area contributed by atoms with Gasteiger partial charge in [-0.2, -0.15) is 0 Å².